The van der Waals surface area contributed by atoms with Crippen molar-refractivity contribution in [1.29, 1.82) is 5.41 Å². The Hall–Kier alpha value is -2.83. The molecule has 35 heavy (non-hydrogen) atoms. The van der Waals surface area contributed by atoms with Crippen molar-refractivity contribution in [2.45, 2.75) is 38.3 Å². The number of urea groups is 1. The standard InChI is InChI=1S/C23H32ClN7O4/c1-4-26-21-19(15(2)25)29-14-31(21)23(34)13-35-18(20(23)32)12-30(3)10-9-27-22(33)28-11-16-5-7-17(24)8-6-16/h4-8,14,18,20,25,32,34H,9-13H2,1-3H3,(H2,27,28,33). The molecule has 0 bridgehead atoms. The fourth-order valence-electron chi connectivity index (χ4n) is 3.81. The van der Waals surface area contributed by atoms with Crippen LogP contribution >= 0.6 is 11.6 Å². The first-order valence-electron chi connectivity index (χ1n) is 11.2. The lowest BCUT2D eigenvalue weighted by Crippen LogP contribution is -2.48. The van der Waals surface area contributed by atoms with Gasteiger partial charge in [-0.25, -0.2) is 14.8 Å². The summed E-state index contributed by atoms with van der Waals surface area (Å²) in [7, 11) is 1.83. The number of likely N-dealkylation sites (N-methyl/N-ethyl adjacent to an activating group) is 1. The highest BCUT2D eigenvalue weighted by Crippen LogP contribution is 2.35. The van der Waals surface area contributed by atoms with E-state index >= 15 is 0 Å². The number of carbonyl (C=O) groups excluding carboxylic acids is 1. The van der Waals surface area contributed by atoms with Gasteiger partial charge in [0.05, 0.1) is 18.6 Å². The van der Waals surface area contributed by atoms with Crippen LogP contribution in [0.3, 0.4) is 0 Å². The molecular weight excluding hydrogens is 474 g/mol. The van der Waals surface area contributed by atoms with Crippen molar-refractivity contribution in [2.24, 2.45) is 4.99 Å². The van der Waals surface area contributed by atoms with E-state index in [4.69, 9.17) is 21.7 Å². The second kappa shape index (κ2) is 11.7. The number of nitrogens with zero attached hydrogens (tertiary/aromatic N) is 4. The molecule has 1 aliphatic heterocycles. The van der Waals surface area contributed by atoms with Crippen molar-refractivity contribution in [3.8, 4) is 0 Å². The Morgan fingerprint density at radius 1 is 1.43 bits per heavy atom. The lowest BCUT2D eigenvalue weighted by atomic mass is 10.0. The van der Waals surface area contributed by atoms with E-state index < -0.39 is 17.9 Å². The van der Waals surface area contributed by atoms with Gasteiger partial charge in [-0.05, 0) is 38.6 Å². The summed E-state index contributed by atoms with van der Waals surface area (Å²) in [5.41, 5.74) is -0.310. The molecule has 1 aliphatic rings. The zero-order valence-corrected chi connectivity index (χ0v) is 20.8. The minimum absolute atomic E-state index is 0.156. The van der Waals surface area contributed by atoms with Crippen LogP contribution in [0, 0.1) is 5.41 Å². The molecule has 1 saturated heterocycles. The molecule has 1 aromatic heterocycles. The third kappa shape index (κ3) is 6.44. The van der Waals surface area contributed by atoms with E-state index in [1.807, 2.05) is 24.1 Å². The highest BCUT2D eigenvalue weighted by atomic mass is 35.5. The first kappa shape index (κ1) is 26.8. The number of carbonyl (C=O) groups is 1. The lowest BCUT2D eigenvalue weighted by Gasteiger charge is -2.29. The number of hydrogen-bond donors (Lipinski definition) is 5. The number of imidazole rings is 1. The summed E-state index contributed by atoms with van der Waals surface area (Å²) >= 11 is 5.86. The molecule has 5 N–H and O–H groups in total. The summed E-state index contributed by atoms with van der Waals surface area (Å²) in [4.78, 5) is 22.3. The summed E-state index contributed by atoms with van der Waals surface area (Å²) in [6, 6.07) is 6.94. The maximum Gasteiger partial charge on any atom is 0.315 e. The number of aliphatic imine (C=N–C) groups is 1. The summed E-state index contributed by atoms with van der Waals surface area (Å²) in [5, 5.41) is 36.3. The van der Waals surface area contributed by atoms with Gasteiger partial charge in [-0.15, -0.1) is 0 Å². The van der Waals surface area contributed by atoms with Crippen LogP contribution in [0.4, 0.5) is 10.6 Å². The van der Waals surface area contributed by atoms with E-state index in [-0.39, 0.29) is 24.2 Å². The monoisotopic (exact) mass is 505 g/mol. The van der Waals surface area contributed by atoms with Crippen LogP contribution in [0.25, 0.3) is 0 Å². The summed E-state index contributed by atoms with van der Waals surface area (Å²) in [5.74, 6) is 0.285. The number of aliphatic hydroxyl groups excluding tert-OH is 1. The minimum atomic E-state index is -1.77. The highest BCUT2D eigenvalue weighted by molar-refractivity contribution is 6.30. The van der Waals surface area contributed by atoms with Crippen LogP contribution in [0.15, 0.2) is 35.6 Å². The predicted octanol–water partition coefficient (Wildman–Crippen LogP) is 1.48. The Morgan fingerprint density at radius 3 is 2.80 bits per heavy atom. The van der Waals surface area contributed by atoms with Crippen molar-refractivity contribution in [1.82, 2.24) is 25.1 Å². The van der Waals surface area contributed by atoms with E-state index in [1.165, 1.54) is 17.1 Å². The highest BCUT2D eigenvalue weighted by Gasteiger charge is 2.50. The molecule has 3 rings (SSSR count). The largest absolute Gasteiger partial charge is 0.385 e. The fraction of sp³-hybridized carbons (Fsp3) is 0.478. The number of halogens is 1. The first-order chi connectivity index (χ1) is 16.7. The molecule has 12 heteroatoms. The smallest absolute Gasteiger partial charge is 0.315 e. The van der Waals surface area contributed by atoms with Crippen molar-refractivity contribution in [2.75, 3.05) is 33.3 Å². The molecule has 0 spiro atoms. The van der Waals surface area contributed by atoms with Crippen LogP contribution < -0.4 is 10.6 Å². The molecule has 2 aromatic rings. The topological polar surface area (TPSA) is 148 Å². The van der Waals surface area contributed by atoms with E-state index in [2.05, 4.69) is 20.6 Å². The second-order valence-electron chi connectivity index (χ2n) is 8.47. The van der Waals surface area contributed by atoms with E-state index in [9.17, 15) is 15.0 Å². The molecule has 3 unspecified atom stereocenters. The van der Waals surface area contributed by atoms with E-state index in [1.54, 1.807) is 26.0 Å². The number of ether oxygens (including phenoxy) is 1. The Balaban J connectivity index is 1.49. The van der Waals surface area contributed by atoms with Gasteiger partial charge in [-0.3, -0.25) is 4.57 Å². The van der Waals surface area contributed by atoms with Crippen molar-refractivity contribution in [3.63, 3.8) is 0 Å². The van der Waals surface area contributed by atoms with Gasteiger partial charge >= 0.3 is 6.03 Å². The summed E-state index contributed by atoms with van der Waals surface area (Å²) in [6.45, 7) is 4.75. The normalized spacial score (nSPS) is 22.1. The Labute approximate surface area is 209 Å². The van der Waals surface area contributed by atoms with Gasteiger partial charge in [-0.2, -0.15) is 0 Å². The quantitative estimate of drug-likeness (QED) is 0.309. The molecule has 1 aromatic carbocycles. The number of benzene rings is 1. The van der Waals surface area contributed by atoms with Gasteiger partial charge < -0.3 is 35.9 Å². The average Bonchev–Trinajstić information content (AvgIpc) is 3.36. The number of rotatable bonds is 10. The van der Waals surface area contributed by atoms with Gasteiger partial charge in [0.15, 0.2) is 11.5 Å². The summed E-state index contributed by atoms with van der Waals surface area (Å²) in [6.07, 6.45) is 0.977. The van der Waals surface area contributed by atoms with E-state index in [0.29, 0.717) is 36.9 Å². The molecule has 2 heterocycles. The molecule has 3 atom stereocenters. The van der Waals surface area contributed by atoms with Crippen LogP contribution in [-0.4, -0.2) is 88.1 Å². The van der Waals surface area contributed by atoms with Crippen LogP contribution in [0.2, 0.25) is 5.02 Å². The average molecular weight is 506 g/mol. The van der Waals surface area contributed by atoms with Gasteiger partial charge in [-0.1, -0.05) is 23.7 Å². The predicted molar refractivity (Wildman–Crippen MR) is 134 cm³/mol. The number of nitrogens with one attached hydrogen (secondary N) is 3. The molecule has 2 amide bonds. The van der Waals surface area contributed by atoms with Gasteiger partial charge in [0.2, 0.25) is 0 Å². The van der Waals surface area contributed by atoms with Crippen LogP contribution in [0.5, 0.6) is 0 Å². The summed E-state index contributed by atoms with van der Waals surface area (Å²) < 4.78 is 7.09. The number of aliphatic hydroxyl groups is 2. The number of amides is 2. The van der Waals surface area contributed by atoms with E-state index in [0.717, 1.165) is 5.56 Å². The fourth-order valence-corrected chi connectivity index (χ4v) is 3.94. The maximum absolute atomic E-state index is 12.0. The van der Waals surface area contributed by atoms with Crippen LogP contribution in [0.1, 0.15) is 25.1 Å². The Bertz CT molecular complexity index is 1060. The maximum atomic E-state index is 12.0. The molecule has 0 radical (unpaired) electrons. The van der Waals surface area contributed by atoms with Gasteiger partial charge in [0.1, 0.15) is 17.9 Å². The third-order valence-electron chi connectivity index (χ3n) is 5.74. The molecule has 190 valence electrons. The lowest BCUT2D eigenvalue weighted by molar-refractivity contribution is -0.110. The molecule has 11 nitrogen and oxygen atoms in total. The molecule has 0 saturated carbocycles. The molecule has 1 fully saturated rings. The van der Waals surface area contributed by atoms with Crippen molar-refractivity contribution in [3.05, 3.63) is 46.9 Å². The van der Waals surface area contributed by atoms with Crippen molar-refractivity contribution < 1.29 is 19.7 Å². The second-order valence-corrected chi connectivity index (χ2v) is 8.91. The Morgan fingerprint density at radius 2 is 2.14 bits per heavy atom. The first-order valence-corrected chi connectivity index (χ1v) is 11.6. The zero-order chi connectivity index (χ0) is 25.6. The van der Waals surface area contributed by atoms with Crippen molar-refractivity contribution >= 4 is 35.4 Å². The SMILES string of the molecule is CC=Nc1c(C(C)=N)ncn1C1(O)COC(CN(C)CCNC(=O)NCc2ccc(Cl)cc2)C1O. The Kier molecular flexibility index (Phi) is 8.98. The minimum Gasteiger partial charge on any atom is -0.385 e. The number of aromatic nitrogens is 2. The third-order valence-corrected chi connectivity index (χ3v) is 5.99. The molecule has 0 aliphatic carbocycles. The number of hydrogen-bond acceptors (Lipinski definition) is 8. The van der Waals surface area contributed by atoms with Crippen LogP contribution in [-0.2, 0) is 17.0 Å². The molecular formula is C23H32ClN7O4. The zero-order valence-electron chi connectivity index (χ0n) is 20.0. The van der Waals surface area contributed by atoms with Gasteiger partial charge in [0, 0.05) is 37.4 Å². The van der Waals surface area contributed by atoms with Gasteiger partial charge in [0.25, 0.3) is 0 Å².